The van der Waals surface area contributed by atoms with Crippen LogP contribution in [0.1, 0.15) is 42.6 Å². The number of rotatable bonds is 5. The molecular weight excluding hydrogens is 378 g/mol. The number of hydrogen-bond acceptors (Lipinski definition) is 7. The average molecular weight is 404 g/mol. The van der Waals surface area contributed by atoms with E-state index in [4.69, 9.17) is 5.11 Å². The first-order valence-corrected chi connectivity index (χ1v) is 10.2. The minimum atomic E-state index is -0.104. The SMILES string of the molecule is COCCO.O=C(NC1CCCCC1)c1nc(-n2ccnc2)nc2ccsc12. The average Bonchev–Trinajstić information content (AvgIpc) is 3.41. The smallest absolute Gasteiger partial charge is 0.271 e. The summed E-state index contributed by atoms with van der Waals surface area (Å²) in [4.78, 5) is 25.7. The van der Waals surface area contributed by atoms with Crippen LogP contribution in [0.3, 0.4) is 0 Å². The Balaban J connectivity index is 0.000000403. The third-order valence-corrected chi connectivity index (χ3v) is 5.39. The quantitative estimate of drug-likeness (QED) is 0.679. The van der Waals surface area contributed by atoms with E-state index in [0.29, 0.717) is 18.2 Å². The van der Waals surface area contributed by atoms with Crippen LogP contribution < -0.4 is 5.32 Å². The molecule has 1 aliphatic carbocycles. The van der Waals surface area contributed by atoms with E-state index >= 15 is 0 Å². The molecule has 1 aliphatic rings. The second-order valence-corrected chi connectivity index (χ2v) is 7.42. The number of amides is 1. The van der Waals surface area contributed by atoms with Crippen molar-refractivity contribution in [3.8, 4) is 5.95 Å². The standard InChI is InChI=1S/C16H17N5OS.C3H8O2/c22-15(18-11-4-2-1-3-5-11)13-14-12(6-9-23-14)19-16(20-13)21-8-7-17-10-21;1-5-3-2-4/h6-11H,1-5H2,(H,18,22);4H,2-3H2,1H3. The van der Waals surface area contributed by atoms with Gasteiger partial charge in [0.25, 0.3) is 5.91 Å². The lowest BCUT2D eigenvalue weighted by Crippen LogP contribution is -2.36. The molecule has 1 fully saturated rings. The second-order valence-electron chi connectivity index (χ2n) is 6.50. The Morgan fingerprint density at radius 1 is 1.36 bits per heavy atom. The minimum absolute atomic E-state index is 0.104. The van der Waals surface area contributed by atoms with Crippen LogP contribution in [0.25, 0.3) is 16.2 Å². The number of aliphatic hydroxyl groups is 1. The maximum absolute atomic E-state index is 12.7. The van der Waals surface area contributed by atoms with Crippen molar-refractivity contribution in [3.63, 3.8) is 0 Å². The fourth-order valence-electron chi connectivity index (χ4n) is 3.09. The molecule has 28 heavy (non-hydrogen) atoms. The van der Waals surface area contributed by atoms with Crippen LogP contribution in [-0.2, 0) is 4.74 Å². The number of hydrogen-bond donors (Lipinski definition) is 2. The highest BCUT2D eigenvalue weighted by molar-refractivity contribution is 7.17. The van der Waals surface area contributed by atoms with Crippen molar-refractivity contribution in [1.82, 2.24) is 24.8 Å². The predicted molar refractivity (Wildman–Crippen MR) is 108 cm³/mol. The molecule has 0 unspecified atom stereocenters. The lowest BCUT2D eigenvalue weighted by atomic mass is 9.95. The number of carbonyl (C=O) groups is 1. The van der Waals surface area contributed by atoms with Gasteiger partial charge in [0, 0.05) is 25.5 Å². The highest BCUT2D eigenvalue weighted by Gasteiger charge is 2.21. The molecule has 150 valence electrons. The van der Waals surface area contributed by atoms with Crippen LogP contribution in [0.2, 0.25) is 0 Å². The monoisotopic (exact) mass is 403 g/mol. The summed E-state index contributed by atoms with van der Waals surface area (Å²) in [5, 5.41) is 13.0. The molecule has 8 nitrogen and oxygen atoms in total. The number of carbonyl (C=O) groups excluding carboxylic acids is 1. The topological polar surface area (TPSA) is 102 Å². The van der Waals surface area contributed by atoms with Gasteiger partial charge in [0.2, 0.25) is 5.95 Å². The fraction of sp³-hybridized carbons (Fsp3) is 0.474. The van der Waals surface area contributed by atoms with Gasteiger partial charge in [-0.2, -0.15) is 0 Å². The largest absolute Gasteiger partial charge is 0.394 e. The number of methoxy groups -OCH3 is 1. The first-order valence-electron chi connectivity index (χ1n) is 9.37. The van der Waals surface area contributed by atoms with E-state index in [1.54, 1.807) is 30.4 Å². The van der Waals surface area contributed by atoms with Crippen LogP contribution >= 0.6 is 11.3 Å². The number of ether oxygens (including phenoxy) is 1. The molecule has 4 rings (SSSR count). The van der Waals surface area contributed by atoms with Gasteiger partial charge in [-0.15, -0.1) is 11.3 Å². The van der Waals surface area contributed by atoms with Gasteiger partial charge in [-0.3, -0.25) is 9.36 Å². The number of fused-ring (bicyclic) bond motifs is 1. The summed E-state index contributed by atoms with van der Waals surface area (Å²) in [5.41, 5.74) is 1.25. The maximum Gasteiger partial charge on any atom is 0.271 e. The second kappa shape index (κ2) is 10.3. The van der Waals surface area contributed by atoms with Crippen LogP contribution in [0, 0.1) is 0 Å². The van der Waals surface area contributed by atoms with E-state index in [-0.39, 0.29) is 18.6 Å². The van der Waals surface area contributed by atoms with Gasteiger partial charge in [-0.1, -0.05) is 19.3 Å². The van der Waals surface area contributed by atoms with Gasteiger partial charge < -0.3 is 15.2 Å². The zero-order valence-corrected chi connectivity index (χ0v) is 16.7. The molecule has 0 aromatic carbocycles. The predicted octanol–water partition coefficient (Wildman–Crippen LogP) is 2.56. The Labute approximate surface area is 167 Å². The summed E-state index contributed by atoms with van der Waals surface area (Å²) in [6, 6.07) is 2.18. The van der Waals surface area contributed by atoms with E-state index in [2.05, 4.69) is 25.0 Å². The van der Waals surface area contributed by atoms with Gasteiger partial charge in [-0.25, -0.2) is 15.0 Å². The summed E-state index contributed by atoms with van der Waals surface area (Å²) in [5.74, 6) is 0.371. The number of imidazole rings is 1. The number of nitrogens with one attached hydrogen (secondary N) is 1. The summed E-state index contributed by atoms with van der Waals surface area (Å²) in [6.07, 6.45) is 10.8. The normalized spacial score (nSPS) is 14.5. The van der Waals surface area contributed by atoms with Gasteiger partial charge in [0.15, 0.2) is 5.69 Å². The number of nitrogens with zero attached hydrogens (tertiary/aromatic N) is 4. The lowest BCUT2D eigenvalue weighted by molar-refractivity contribution is 0.0924. The molecule has 1 saturated carbocycles. The molecule has 0 aliphatic heterocycles. The molecule has 3 aromatic rings. The maximum atomic E-state index is 12.7. The van der Waals surface area contributed by atoms with Gasteiger partial charge in [0.1, 0.15) is 6.33 Å². The third kappa shape index (κ3) is 5.12. The summed E-state index contributed by atoms with van der Waals surface area (Å²) < 4.78 is 6.99. The van der Waals surface area contributed by atoms with E-state index in [0.717, 1.165) is 23.1 Å². The van der Waals surface area contributed by atoms with Gasteiger partial charge >= 0.3 is 0 Å². The Bertz CT molecular complexity index is 873. The van der Waals surface area contributed by atoms with Crippen molar-refractivity contribution in [1.29, 1.82) is 0 Å². The fourth-order valence-corrected chi connectivity index (χ4v) is 3.91. The highest BCUT2D eigenvalue weighted by atomic mass is 32.1. The van der Waals surface area contributed by atoms with Gasteiger partial charge in [-0.05, 0) is 24.3 Å². The zero-order valence-electron chi connectivity index (χ0n) is 15.9. The van der Waals surface area contributed by atoms with E-state index in [9.17, 15) is 4.79 Å². The molecule has 0 atom stereocenters. The first-order chi connectivity index (χ1) is 13.7. The molecular formula is C19H25N5O3S. The molecule has 3 heterocycles. The van der Waals surface area contributed by atoms with E-state index < -0.39 is 0 Å². The van der Waals surface area contributed by atoms with Crippen molar-refractivity contribution >= 4 is 27.5 Å². The summed E-state index contributed by atoms with van der Waals surface area (Å²) in [6.45, 7) is 0.566. The Kier molecular flexibility index (Phi) is 7.46. The van der Waals surface area contributed by atoms with Crippen molar-refractivity contribution in [2.45, 2.75) is 38.1 Å². The van der Waals surface area contributed by atoms with Crippen LogP contribution in [-0.4, -0.2) is 56.9 Å². The van der Waals surface area contributed by atoms with Crippen molar-refractivity contribution < 1.29 is 14.6 Å². The van der Waals surface area contributed by atoms with E-state index in [1.165, 1.54) is 30.6 Å². The zero-order chi connectivity index (χ0) is 19.8. The number of thiophene rings is 1. The van der Waals surface area contributed by atoms with Gasteiger partial charge in [0.05, 0.1) is 23.4 Å². The molecule has 0 saturated heterocycles. The Hall–Kier alpha value is -2.36. The van der Waals surface area contributed by atoms with Crippen molar-refractivity contribution in [2.24, 2.45) is 0 Å². The van der Waals surface area contributed by atoms with Crippen LogP contribution in [0.4, 0.5) is 0 Å². The van der Waals surface area contributed by atoms with Crippen LogP contribution in [0.5, 0.6) is 0 Å². The summed E-state index contributed by atoms with van der Waals surface area (Å²) in [7, 11) is 1.55. The Morgan fingerprint density at radius 2 is 2.18 bits per heavy atom. The van der Waals surface area contributed by atoms with Crippen molar-refractivity contribution in [3.05, 3.63) is 35.9 Å². The molecule has 1 amide bonds. The molecule has 3 aromatic heterocycles. The Morgan fingerprint density at radius 3 is 2.82 bits per heavy atom. The first kappa shape index (κ1) is 20.4. The summed E-state index contributed by atoms with van der Waals surface area (Å²) >= 11 is 1.50. The number of aromatic nitrogens is 4. The molecule has 9 heteroatoms. The minimum Gasteiger partial charge on any atom is -0.394 e. The highest BCUT2D eigenvalue weighted by Crippen LogP contribution is 2.24. The molecule has 0 radical (unpaired) electrons. The molecule has 0 spiro atoms. The van der Waals surface area contributed by atoms with Crippen molar-refractivity contribution in [2.75, 3.05) is 20.3 Å². The van der Waals surface area contributed by atoms with E-state index in [1.807, 2.05) is 11.4 Å². The molecule has 0 bridgehead atoms. The molecule has 2 N–H and O–H groups in total. The van der Waals surface area contributed by atoms with Crippen LogP contribution in [0.15, 0.2) is 30.2 Å². The third-order valence-electron chi connectivity index (χ3n) is 4.48. The lowest BCUT2D eigenvalue weighted by Gasteiger charge is -2.22. The number of aliphatic hydroxyl groups excluding tert-OH is 1.